The third kappa shape index (κ3) is 5.50. The molecule has 132 valence electrons. The number of benzene rings is 2. The van der Waals surface area contributed by atoms with Crippen LogP contribution in [0.3, 0.4) is 0 Å². The number of anilines is 2. The van der Waals surface area contributed by atoms with Crippen LogP contribution in [0.5, 0.6) is 0 Å². The van der Waals surface area contributed by atoms with Gasteiger partial charge in [0.15, 0.2) is 0 Å². The molecule has 0 aromatic heterocycles. The van der Waals surface area contributed by atoms with E-state index in [1.54, 1.807) is 30.3 Å². The Balaban J connectivity index is 1.94. The van der Waals surface area contributed by atoms with Crippen molar-refractivity contribution in [3.63, 3.8) is 0 Å². The van der Waals surface area contributed by atoms with Crippen LogP contribution in [0.25, 0.3) is 0 Å². The first-order valence-corrected chi connectivity index (χ1v) is 8.56. The molecule has 0 spiro atoms. The van der Waals surface area contributed by atoms with Gasteiger partial charge in [0.2, 0.25) is 5.91 Å². The Kier molecular flexibility index (Phi) is 6.83. The maximum absolute atomic E-state index is 12.1. The van der Waals surface area contributed by atoms with Crippen molar-refractivity contribution in [3.8, 4) is 0 Å². The van der Waals surface area contributed by atoms with Gasteiger partial charge in [0.05, 0.1) is 6.54 Å². The minimum absolute atomic E-state index is 0.105. The second kappa shape index (κ2) is 9.08. The van der Waals surface area contributed by atoms with Crippen molar-refractivity contribution in [1.82, 2.24) is 5.32 Å². The Bertz CT molecular complexity index is 762. The second-order valence-electron chi connectivity index (χ2n) is 5.65. The minimum atomic E-state index is -0.203. The quantitative estimate of drug-likeness (QED) is 0.703. The van der Waals surface area contributed by atoms with Crippen LogP contribution < -0.4 is 16.0 Å². The highest BCUT2D eigenvalue weighted by Gasteiger charge is 2.08. The van der Waals surface area contributed by atoms with Gasteiger partial charge in [-0.05, 0) is 49.2 Å². The molecule has 2 amide bonds. The topological polar surface area (TPSA) is 70.2 Å². The molecule has 0 saturated carbocycles. The third-order valence-corrected chi connectivity index (χ3v) is 4.06. The highest BCUT2D eigenvalue weighted by atomic mass is 35.5. The zero-order chi connectivity index (χ0) is 18.2. The summed E-state index contributed by atoms with van der Waals surface area (Å²) in [6, 6.07) is 12.4. The van der Waals surface area contributed by atoms with Gasteiger partial charge in [-0.3, -0.25) is 9.59 Å². The van der Waals surface area contributed by atoms with Crippen molar-refractivity contribution in [2.45, 2.75) is 20.3 Å². The van der Waals surface area contributed by atoms with Crippen molar-refractivity contribution in [3.05, 3.63) is 58.6 Å². The molecule has 0 fully saturated rings. The number of halogens is 1. The maximum Gasteiger partial charge on any atom is 0.251 e. The average molecular weight is 360 g/mol. The first-order chi connectivity index (χ1) is 12.0. The van der Waals surface area contributed by atoms with E-state index in [9.17, 15) is 9.59 Å². The van der Waals surface area contributed by atoms with Crippen LogP contribution in [0.1, 0.15) is 29.3 Å². The molecule has 25 heavy (non-hydrogen) atoms. The first kappa shape index (κ1) is 18.8. The zero-order valence-electron chi connectivity index (χ0n) is 14.4. The van der Waals surface area contributed by atoms with Gasteiger partial charge in [-0.15, -0.1) is 0 Å². The fourth-order valence-corrected chi connectivity index (χ4v) is 2.43. The zero-order valence-corrected chi connectivity index (χ0v) is 15.1. The summed E-state index contributed by atoms with van der Waals surface area (Å²) in [6.45, 7) is 4.61. The number of nitrogens with one attached hydrogen (secondary N) is 3. The van der Waals surface area contributed by atoms with Gasteiger partial charge in [-0.2, -0.15) is 0 Å². The number of hydrogen-bond acceptors (Lipinski definition) is 3. The predicted octanol–water partition coefficient (Wildman–Crippen LogP) is 3.84. The van der Waals surface area contributed by atoms with E-state index in [2.05, 4.69) is 16.0 Å². The van der Waals surface area contributed by atoms with E-state index in [1.165, 1.54) is 0 Å². The van der Waals surface area contributed by atoms with Gasteiger partial charge in [-0.25, -0.2) is 0 Å². The molecule has 0 heterocycles. The molecule has 0 aliphatic heterocycles. The molecule has 0 aliphatic carbocycles. The lowest BCUT2D eigenvalue weighted by molar-refractivity contribution is -0.114. The number of carbonyl (C=O) groups is 2. The molecule has 0 saturated heterocycles. The lowest BCUT2D eigenvalue weighted by Crippen LogP contribution is -2.25. The Morgan fingerprint density at radius 3 is 2.64 bits per heavy atom. The summed E-state index contributed by atoms with van der Waals surface area (Å²) in [5, 5.41) is 9.31. The van der Waals surface area contributed by atoms with Crippen LogP contribution in [0.15, 0.2) is 42.5 Å². The van der Waals surface area contributed by atoms with Crippen LogP contribution in [0.4, 0.5) is 11.4 Å². The number of hydrogen-bond donors (Lipinski definition) is 3. The van der Waals surface area contributed by atoms with E-state index in [0.29, 0.717) is 22.8 Å². The molecule has 0 atom stereocenters. The average Bonchev–Trinajstić information content (AvgIpc) is 2.61. The van der Waals surface area contributed by atoms with Crippen LogP contribution >= 0.6 is 11.6 Å². The molecule has 2 aromatic rings. The summed E-state index contributed by atoms with van der Waals surface area (Å²) < 4.78 is 0. The normalized spacial score (nSPS) is 10.2. The molecule has 0 radical (unpaired) electrons. The standard InChI is InChI=1S/C19H22ClN3O2/c1-3-10-21-19(25)14-6-4-7-15(11-14)23-18(24)12-22-17-9-5-8-16(20)13(17)2/h4-9,11,22H,3,10,12H2,1-2H3,(H,21,25)(H,23,24). The first-order valence-electron chi connectivity index (χ1n) is 8.18. The SMILES string of the molecule is CCCNC(=O)c1cccc(NC(=O)CNc2cccc(Cl)c2C)c1. The van der Waals surface area contributed by atoms with Gasteiger partial charge < -0.3 is 16.0 Å². The van der Waals surface area contributed by atoms with Crippen molar-refractivity contribution in [2.75, 3.05) is 23.7 Å². The van der Waals surface area contributed by atoms with Crippen LogP contribution in [-0.2, 0) is 4.79 Å². The van der Waals surface area contributed by atoms with Gasteiger partial charge in [0.1, 0.15) is 0 Å². The van der Waals surface area contributed by atoms with Crippen molar-refractivity contribution in [1.29, 1.82) is 0 Å². The fourth-order valence-electron chi connectivity index (χ4n) is 2.26. The Morgan fingerprint density at radius 1 is 1.12 bits per heavy atom. The van der Waals surface area contributed by atoms with E-state index in [0.717, 1.165) is 17.7 Å². The molecule has 0 bridgehead atoms. The van der Waals surface area contributed by atoms with Gasteiger partial charge >= 0.3 is 0 Å². The van der Waals surface area contributed by atoms with E-state index in [-0.39, 0.29) is 18.4 Å². The summed E-state index contributed by atoms with van der Waals surface area (Å²) in [5.74, 6) is -0.351. The Labute approximate surface area is 152 Å². The number of rotatable bonds is 7. The maximum atomic E-state index is 12.1. The smallest absolute Gasteiger partial charge is 0.251 e. The van der Waals surface area contributed by atoms with E-state index >= 15 is 0 Å². The minimum Gasteiger partial charge on any atom is -0.376 e. The van der Waals surface area contributed by atoms with Crippen LogP contribution in [-0.4, -0.2) is 24.9 Å². The van der Waals surface area contributed by atoms with Gasteiger partial charge in [-0.1, -0.05) is 30.7 Å². The summed E-state index contributed by atoms with van der Waals surface area (Å²) in [6.07, 6.45) is 0.872. The molecule has 2 rings (SSSR count). The molecule has 3 N–H and O–H groups in total. The summed E-state index contributed by atoms with van der Waals surface area (Å²) in [7, 11) is 0. The van der Waals surface area contributed by atoms with E-state index < -0.39 is 0 Å². The fraction of sp³-hybridized carbons (Fsp3) is 0.263. The predicted molar refractivity (Wildman–Crippen MR) is 102 cm³/mol. The molecular weight excluding hydrogens is 338 g/mol. The summed E-state index contributed by atoms with van der Waals surface area (Å²) in [5.41, 5.74) is 2.81. The molecule has 6 heteroatoms. The van der Waals surface area contributed by atoms with Crippen molar-refractivity contribution in [2.24, 2.45) is 0 Å². The van der Waals surface area contributed by atoms with Gasteiger partial charge in [0, 0.05) is 28.5 Å². The molecule has 5 nitrogen and oxygen atoms in total. The lowest BCUT2D eigenvalue weighted by Gasteiger charge is -2.11. The van der Waals surface area contributed by atoms with Crippen molar-refractivity contribution < 1.29 is 9.59 Å². The summed E-state index contributed by atoms with van der Waals surface area (Å²) in [4.78, 5) is 24.1. The second-order valence-corrected chi connectivity index (χ2v) is 6.06. The van der Waals surface area contributed by atoms with E-state index in [1.807, 2.05) is 26.0 Å². The van der Waals surface area contributed by atoms with Crippen molar-refractivity contribution >= 4 is 34.8 Å². The molecule has 2 aromatic carbocycles. The number of amides is 2. The molecule has 0 unspecified atom stereocenters. The third-order valence-electron chi connectivity index (χ3n) is 3.65. The van der Waals surface area contributed by atoms with E-state index in [4.69, 9.17) is 11.6 Å². The van der Waals surface area contributed by atoms with Crippen LogP contribution in [0.2, 0.25) is 5.02 Å². The monoisotopic (exact) mass is 359 g/mol. The molecular formula is C19H22ClN3O2. The highest BCUT2D eigenvalue weighted by molar-refractivity contribution is 6.31. The highest BCUT2D eigenvalue weighted by Crippen LogP contribution is 2.22. The molecule has 0 aliphatic rings. The summed E-state index contributed by atoms with van der Waals surface area (Å²) >= 11 is 6.06. The Morgan fingerprint density at radius 2 is 1.88 bits per heavy atom. The van der Waals surface area contributed by atoms with Crippen LogP contribution in [0, 0.1) is 6.92 Å². The largest absolute Gasteiger partial charge is 0.376 e. The number of carbonyl (C=O) groups excluding carboxylic acids is 2. The lowest BCUT2D eigenvalue weighted by atomic mass is 10.2. The van der Waals surface area contributed by atoms with Gasteiger partial charge in [0.25, 0.3) is 5.91 Å². The Hall–Kier alpha value is -2.53.